The summed E-state index contributed by atoms with van der Waals surface area (Å²) in [6.07, 6.45) is -1.43. The van der Waals surface area contributed by atoms with Crippen molar-refractivity contribution in [1.29, 1.82) is 0 Å². The average Bonchev–Trinajstić information content (AvgIpc) is 3.68. The summed E-state index contributed by atoms with van der Waals surface area (Å²) in [6, 6.07) is 0. The summed E-state index contributed by atoms with van der Waals surface area (Å²) in [6.45, 7) is 2.62. The molecule has 59 heavy (non-hydrogen) atoms. The van der Waals surface area contributed by atoms with Crippen LogP contribution in [0.3, 0.4) is 0 Å². The molecule has 8 unspecified atom stereocenters. The van der Waals surface area contributed by atoms with E-state index in [1.807, 2.05) is 0 Å². The minimum Gasteiger partial charge on any atom is -0.756 e. The Bertz CT molecular complexity index is 1830. The maximum Gasteiger partial charge on any atom is 1.00 e. The summed E-state index contributed by atoms with van der Waals surface area (Å²) in [7, 11) is -16.7. The molecule has 8 atom stereocenters. The van der Waals surface area contributed by atoms with Gasteiger partial charge in [-0.3, -0.25) is 32.6 Å². The number of nitrogens with two attached hydrogens (primary N) is 1. The number of ether oxygens (including phenoxy) is 1. The summed E-state index contributed by atoms with van der Waals surface area (Å²) >= 11 is 1.13. The Morgan fingerprint density at radius 2 is 1.69 bits per heavy atom. The van der Waals surface area contributed by atoms with Crippen LogP contribution in [-0.2, 0) is 50.7 Å². The topological polar surface area (TPSA) is 398 Å². The van der Waals surface area contributed by atoms with Gasteiger partial charge in [0.2, 0.25) is 11.8 Å². The number of aliphatic hydroxyl groups is 2. The van der Waals surface area contributed by atoms with Gasteiger partial charge in [-0.1, -0.05) is 58.2 Å². The number of aliphatic hydroxyl groups excluding tert-OH is 2. The van der Waals surface area contributed by atoms with Crippen molar-refractivity contribution in [1.82, 2.24) is 30.2 Å². The monoisotopic (exact) mass is 917 g/mol. The van der Waals surface area contributed by atoms with Gasteiger partial charge in [0.15, 0.2) is 22.8 Å². The molecule has 0 radical (unpaired) electrons. The molecule has 0 saturated carbocycles. The number of imidazole rings is 1. The minimum atomic E-state index is -5.58. The third-order valence-corrected chi connectivity index (χ3v) is 12.3. The van der Waals surface area contributed by atoms with Crippen molar-refractivity contribution in [2.24, 2.45) is 5.41 Å². The second-order valence-corrected chi connectivity index (χ2v) is 18.8. The smallest absolute Gasteiger partial charge is 0.756 e. The van der Waals surface area contributed by atoms with E-state index in [1.165, 1.54) is 13.8 Å². The first-order valence-electron chi connectivity index (χ1n) is 17.6. The molecule has 0 aromatic carbocycles. The van der Waals surface area contributed by atoms with Crippen LogP contribution >= 0.6 is 35.2 Å². The van der Waals surface area contributed by atoms with Crippen LogP contribution in [-0.4, -0.2) is 123 Å². The van der Waals surface area contributed by atoms with E-state index in [2.05, 4.69) is 41.3 Å². The molecule has 2 aromatic rings. The largest absolute Gasteiger partial charge is 1.00 e. The van der Waals surface area contributed by atoms with Crippen LogP contribution in [0, 0.1) is 5.41 Å². The van der Waals surface area contributed by atoms with Gasteiger partial charge in [-0.05, 0) is 6.42 Å². The quantitative estimate of drug-likeness (QED) is 0.0273. The Kier molecular flexibility index (Phi) is 23.1. The fourth-order valence-corrected chi connectivity index (χ4v) is 8.78. The van der Waals surface area contributed by atoms with Crippen LogP contribution in [0.2, 0.25) is 0 Å². The normalized spacial score (nSPS) is 21.6. The third kappa shape index (κ3) is 18.2. The van der Waals surface area contributed by atoms with Gasteiger partial charge >= 0.3 is 34.5 Å². The van der Waals surface area contributed by atoms with Gasteiger partial charge in [-0.25, -0.2) is 24.1 Å². The molecule has 3 heterocycles. The number of aromatic nitrogens is 4. The molecular weight excluding hydrogens is 866 g/mol. The SMILES string of the molecule is CCCCCCCC(=O)SCCNC(=O)CCNC(=O)C(O)C(C)(C)COP(=O)(O)OP(=O)(O)OCC1OC(n2cnc3c(N)ncnc32)C(O)C1OP(=O)([O-])O.O.[Li+]. The number of thioether (sulfide) groups is 1. The Labute approximate surface area is 355 Å². The van der Waals surface area contributed by atoms with Crippen molar-refractivity contribution in [3.05, 3.63) is 12.7 Å². The van der Waals surface area contributed by atoms with Gasteiger partial charge in [0.1, 0.15) is 36.3 Å². The maximum absolute atomic E-state index is 12.7. The fourth-order valence-electron chi connectivity index (χ4n) is 5.24. The first-order chi connectivity index (χ1) is 26.6. The van der Waals surface area contributed by atoms with E-state index < -0.39 is 84.6 Å². The second kappa shape index (κ2) is 24.7. The first kappa shape index (κ1) is 55.1. The van der Waals surface area contributed by atoms with Gasteiger partial charge in [-0.2, -0.15) is 4.31 Å². The van der Waals surface area contributed by atoms with E-state index in [0.29, 0.717) is 12.2 Å². The van der Waals surface area contributed by atoms with Gasteiger partial charge in [-0.15, -0.1) is 0 Å². The third-order valence-electron chi connectivity index (χ3n) is 8.25. The summed E-state index contributed by atoms with van der Waals surface area (Å²) < 4.78 is 61.8. The van der Waals surface area contributed by atoms with Crippen molar-refractivity contribution in [2.75, 3.05) is 37.8 Å². The fraction of sp³-hybridized carbons (Fsp3) is 0.724. The molecule has 2 aromatic heterocycles. The molecule has 0 aliphatic carbocycles. The molecule has 11 N–H and O–H groups in total. The van der Waals surface area contributed by atoms with Crippen molar-refractivity contribution in [3.63, 3.8) is 0 Å². The Hall–Kier alpha value is -1.88. The standard InChI is InChI=1S/C29H50N7O17P3S.Li.H2O/c1-4-5-6-7-8-9-20(38)57-13-12-31-19(37)10-11-32-27(41)24(40)29(2,3)15-50-56(47,48)53-55(45,46)49-14-18-23(52-54(42,43)44)22(39)28(51-18)36-17-35-21-25(30)33-16-34-26(21)36;;/h16-18,22-24,28,39-40H,4-15H2,1-3H3,(H,31,37)(H,32,41)(H,45,46)(H,47,48)(H2,30,33,34)(H2,42,43,44);;1H2/q;+1;/p-1. The van der Waals surface area contributed by atoms with Gasteiger partial charge < -0.3 is 60.9 Å². The number of amides is 2. The summed E-state index contributed by atoms with van der Waals surface area (Å²) in [5, 5.41) is 26.4. The van der Waals surface area contributed by atoms with E-state index in [4.69, 9.17) is 19.5 Å². The molecule has 30 heteroatoms. The number of rotatable bonds is 25. The molecule has 1 saturated heterocycles. The van der Waals surface area contributed by atoms with E-state index in [0.717, 1.165) is 61.1 Å². The number of phosphoric ester groups is 3. The number of fused-ring (bicyclic) bond motifs is 1. The predicted octanol–water partition coefficient (Wildman–Crippen LogP) is -3.43. The number of hydrogen-bond donors (Lipinski definition) is 8. The molecule has 1 aliphatic rings. The molecule has 332 valence electrons. The van der Waals surface area contributed by atoms with E-state index in [-0.39, 0.29) is 65.9 Å². The first-order valence-corrected chi connectivity index (χ1v) is 23.1. The number of carbonyl (C=O) groups is 3. The zero-order valence-corrected chi connectivity index (χ0v) is 36.3. The van der Waals surface area contributed by atoms with E-state index >= 15 is 0 Å². The van der Waals surface area contributed by atoms with Crippen molar-refractivity contribution in [3.8, 4) is 0 Å². The number of anilines is 1. The number of nitrogens with zero attached hydrogens (tertiary/aromatic N) is 4. The molecule has 2 amide bonds. The number of phosphoric acid groups is 3. The minimum absolute atomic E-state index is 0. The molecule has 1 aliphatic heterocycles. The van der Waals surface area contributed by atoms with E-state index in [1.54, 1.807) is 0 Å². The summed E-state index contributed by atoms with van der Waals surface area (Å²) in [5.74, 6) is -1.05. The van der Waals surface area contributed by atoms with Crippen molar-refractivity contribution in [2.45, 2.75) is 96.4 Å². The number of nitrogens with one attached hydrogen (secondary N) is 2. The van der Waals surface area contributed by atoms with Gasteiger partial charge in [0, 0.05) is 37.1 Å². The zero-order valence-electron chi connectivity index (χ0n) is 32.8. The Morgan fingerprint density at radius 1 is 1.03 bits per heavy atom. The predicted molar refractivity (Wildman–Crippen MR) is 202 cm³/mol. The van der Waals surface area contributed by atoms with E-state index in [9.17, 15) is 57.9 Å². The summed E-state index contributed by atoms with van der Waals surface area (Å²) in [5.41, 5.74) is 4.23. The van der Waals surface area contributed by atoms with Crippen molar-refractivity contribution >= 4 is 69.1 Å². The summed E-state index contributed by atoms with van der Waals surface area (Å²) in [4.78, 5) is 89.6. The van der Waals surface area contributed by atoms with Crippen LogP contribution in [0.25, 0.3) is 11.2 Å². The number of unbranched alkanes of at least 4 members (excludes halogenated alkanes) is 4. The zero-order chi connectivity index (χ0) is 42.6. The molecule has 0 bridgehead atoms. The van der Waals surface area contributed by atoms with Crippen LogP contribution in [0.5, 0.6) is 0 Å². The van der Waals surface area contributed by atoms with Gasteiger partial charge in [0.05, 0.1) is 19.5 Å². The van der Waals surface area contributed by atoms with Crippen LogP contribution in [0.4, 0.5) is 5.82 Å². The number of carbonyl (C=O) groups excluding carboxylic acids is 3. The molecule has 1 fully saturated rings. The van der Waals surface area contributed by atoms with Crippen LogP contribution in [0.1, 0.15) is 71.9 Å². The molecule has 3 rings (SSSR count). The van der Waals surface area contributed by atoms with Gasteiger partial charge in [0.25, 0.3) is 7.82 Å². The molecule has 0 spiro atoms. The second-order valence-electron chi connectivity index (χ2n) is 13.4. The van der Waals surface area contributed by atoms with Crippen molar-refractivity contribution < 1.29 is 105 Å². The maximum atomic E-state index is 12.7. The average molecular weight is 918 g/mol. The molecular formula is C29H51LiN7O18P3S. The van der Waals surface area contributed by atoms with Crippen LogP contribution < -0.4 is 40.1 Å². The molecule has 25 nitrogen and oxygen atoms in total. The Balaban J connectivity index is 0.00000870. The number of hydrogen-bond acceptors (Lipinski definition) is 19. The van der Waals surface area contributed by atoms with Crippen LogP contribution in [0.15, 0.2) is 12.7 Å². The Morgan fingerprint density at radius 3 is 2.36 bits per heavy atom. The number of nitrogen functional groups attached to an aromatic ring is 1.